The van der Waals surface area contributed by atoms with Crippen molar-refractivity contribution in [2.45, 2.75) is 6.54 Å². The van der Waals surface area contributed by atoms with E-state index in [1.807, 2.05) is 11.4 Å². The van der Waals surface area contributed by atoms with E-state index in [-0.39, 0.29) is 11.5 Å². The first-order valence-electron chi connectivity index (χ1n) is 7.94. The van der Waals surface area contributed by atoms with Crippen LogP contribution in [0, 0.1) is 0 Å². The van der Waals surface area contributed by atoms with Gasteiger partial charge in [0.25, 0.3) is 5.56 Å². The molecule has 0 aromatic carbocycles. The van der Waals surface area contributed by atoms with E-state index in [0.717, 1.165) is 31.7 Å². The summed E-state index contributed by atoms with van der Waals surface area (Å²) in [6.45, 7) is 8.47. The lowest BCUT2D eigenvalue weighted by molar-refractivity contribution is -0.122. The van der Waals surface area contributed by atoms with E-state index in [0.29, 0.717) is 30.2 Å². The second-order valence-electron chi connectivity index (χ2n) is 5.79. The fraction of sp³-hybridized carbons (Fsp3) is 0.438. The number of hydrogen-bond acceptors (Lipinski definition) is 6. The SMILES string of the molecule is C=CCNC(=O)CN1CCN(Cc2nc3ccsc3c(=O)[nH]2)CC1. The summed E-state index contributed by atoms with van der Waals surface area (Å²) in [6, 6.07) is 1.87. The van der Waals surface area contributed by atoms with Crippen LogP contribution in [0.5, 0.6) is 0 Å². The maximum Gasteiger partial charge on any atom is 0.268 e. The molecule has 2 aromatic heterocycles. The molecule has 8 heteroatoms. The Kier molecular flexibility index (Phi) is 5.39. The van der Waals surface area contributed by atoms with Crippen molar-refractivity contribution >= 4 is 27.5 Å². The molecule has 0 radical (unpaired) electrons. The first kappa shape index (κ1) is 16.8. The van der Waals surface area contributed by atoms with Crippen LogP contribution in [0.2, 0.25) is 0 Å². The fourth-order valence-corrected chi connectivity index (χ4v) is 3.48. The number of rotatable bonds is 6. The molecule has 1 aliphatic heterocycles. The zero-order chi connectivity index (χ0) is 16.9. The number of nitrogens with one attached hydrogen (secondary N) is 2. The maximum absolute atomic E-state index is 12.0. The monoisotopic (exact) mass is 347 g/mol. The smallest absolute Gasteiger partial charge is 0.268 e. The third kappa shape index (κ3) is 4.08. The van der Waals surface area contributed by atoms with Gasteiger partial charge in [-0.2, -0.15) is 0 Å². The molecular formula is C16H21N5O2S. The molecule has 0 saturated carbocycles. The van der Waals surface area contributed by atoms with Gasteiger partial charge in [-0.05, 0) is 11.4 Å². The van der Waals surface area contributed by atoms with Gasteiger partial charge in [0.05, 0.1) is 18.6 Å². The van der Waals surface area contributed by atoms with Crippen LogP contribution in [-0.4, -0.2) is 64.9 Å². The van der Waals surface area contributed by atoms with E-state index in [1.165, 1.54) is 11.3 Å². The van der Waals surface area contributed by atoms with Crippen LogP contribution in [0.1, 0.15) is 5.82 Å². The average Bonchev–Trinajstić information content (AvgIpc) is 3.04. The number of amides is 1. The molecule has 3 rings (SSSR count). The predicted molar refractivity (Wildman–Crippen MR) is 95.2 cm³/mol. The van der Waals surface area contributed by atoms with E-state index in [2.05, 4.69) is 31.7 Å². The zero-order valence-electron chi connectivity index (χ0n) is 13.5. The Labute approximate surface area is 144 Å². The van der Waals surface area contributed by atoms with E-state index < -0.39 is 0 Å². The van der Waals surface area contributed by atoms with Gasteiger partial charge in [0.2, 0.25) is 5.91 Å². The largest absolute Gasteiger partial charge is 0.352 e. The molecule has 1 amide bonds. The van der Waals surface area contributed by atoms with Gasteiger partial charge in [-0.15, -0.1) is 17.9 Å². The molecule has 0 unspecified atom stereocenters. The van der Waals surface area contributed by atoms with Gasteiger partial charge >= 0.3 is 0 Å². The Hall–Kier alpha value is -2.03. The summed E-state index contributed by atoms with van der Waals surface area (Å²) in [6.07, 6.45) is 1.67. The van der Waals surface area contributed by atoms with Crippen molar-refractivity contribution < 1.29 is 4.79 Å². The Morgan fingerprint density at radius 2 is 2.12 bits per heavy atom. The lowest BCUT2D eigenvalue weighted by Gasteiger charge is -2.33. The highest BCUT2D eigenvalue weighted by Gasteiger charge is 2.19. The zero-order valence-corrected chi connectivity index (χ0v) is 14.3. The maximum atomic E-state index is 12.0. The fourth-order valence-electron chi connectivity index (χ4n) is 2.76. The average molecular weight is 347 g/mol. The molecular weight excluding hydrogens is 326 g/mol. The summed E-state index contributed by atoms with van der Waals surface area (Å²) in [5.74, 6) is 0.723. The summed E-state index contributed by atoms with van der Waals surface area (Å²) >= 11 is 1.41. The van der Waals surface area contributed by atoms with Crippen LogP contribution < -0.4 is 10.9 Å². The van der Waals surface area contributed by atoms with Crippen LogP contribution in [0.3, 0.4) is 0 Å². The molecule has 1 fully saturated rings. The minimum atomic E-state index is -0.0671. The van der Waals surface area contributed by atoms with Crippen LogP contribution in [0.25, 0.3) is 10.2 Å². The second kappa shape index (κ2) is 7.69. The first-order valence-corrected chi connectivity index (χ1v) is 8.82. The molecule has 0 bridgehead atoms. The Balaban J connectivity index is 1.52. The lowest BCUT2D eigenvalue weighted by atomic mass is 10.3. The summed E-state index contributed by atoms with van der Waals surface area (Å²) in [4.78, 5) is 35.5. The third-order valence-corrected chi connectivity index (χ3v) is 4.92. The highest BCUT2D eigenvalue weighted by Crippen LogP contribution is 2.14. The number of H-pyrrole nitrogens is 1. The number of hydrogen-bond donors (Lipinski definition) is 2. The number of aromatic amines is 1. The van der Waals surface area contributed by atoms with Crippen molar-refractivity contribution in [2.75, 3.05) is 39.3 Å². The van der Waals surface area contributed by atoms with Crippen LogP contribution >= 0.6 is 11.3 Å². The van der Waals surface area contributed by atoms with Crippen molar-refractivity contribution in [2.24, 2.45) is 0 Å². The van der Waals surface area contributed by atoms with E-state index in [9.17, 15) is 9.59 Å². The quantitative estimate of drug-likeness (QED) is 0.740. The van der Waals surface area contributed by atoms with Crippen LogP contribution in [0.15, 0.2) is 28.9 Å². The number of piperazine rings is 1. The number of aromatic nitrogens is 2. The molecule has 0 aliphatic carbocycles. The molecule has 0 spiro atoms. The van der Waals surface area contributed by atoms with Crippen LogP contribution in [0.4, 0.5) is 0 Å². The van der Waals surface area contributed by atoms with Gasteiger partial charge in [0.15, 0.2) is 0 Å². The number of carbonyl (C=O) groups is 1. The number of nitrogens with zero attached hydrogens (tertiary/aromatic N) is 3. The van der Waals surface area contributed by atoms with Gasteiger partial charge in [0.1, 0.15) is 10.5 Å². The highest BCUT2D eigenvalue weighted by molar-refractivity contribution is 7.17. The molecule has 128 valence electrons. The summed E-state index contributed by atoms with van der Waals surface area (Å²) in [5, 5.41) is 4.67. The Morgan fingerprint density at radius 1 is 1.38 bits per heavy atom. The van der Waals surface area contributed by atoms with Crippen molar-refractivity contribution in [1.29, 1.82) is 0 Å². The van der Waals surface area contributed by atoms with Crippen molar-refractivity contribution in [3.63, 3.8) is 0 Å². The Morgan fingerprint density at radius 3 is 2.88 bits per heavy atom. The van der Waals surface area contributed by atoms with Gasteiger partial charge in [-0.3, -0.25) is 19.4 Å². The van der Waals surface area contributed by atoms with Gasteiger partial charge < -0.3 is 10.3 Å². The van der Waals surface area contributed by atoms with Crippen molar-refractivity contribution in [1.82, 2.24) is 25.1 Å². The minimum absolute atomic E-state index is 0.0252. The van der Waals surface area contributed by atoms with Gasteiger partial charge in [0, 0.05) is 32.7 Å². The molecule has 1 saturated heterocycles. The molecule has 24 heavy (non-hydrogen) atoms. The molecule has 0 atom stereocenters. The van der Waals surface area contributed by atoms with Crippen molar-refractivity contribution in [3.8, 4) is 0 Å². The van der Waals surface area contributed by atoms with Gasteiger partial charge in [-0.25, -0.2) is 4.98 Å². The first-order chi connectivity index (χ1) is 11.7. The number of carbonyl (C=O) groups excluding carboxylic acids is 1. The van der Waals surface area contributed by atoms with Crippen molar-refractivity contribution in [3.05, 3.63) is 40.3 Å². The van der Waals surface area contributed by atoms with E-state index in [1.54, 1.807) is 6.08 Å². The van der Waals surface area contributed by atoms with E-state index in [4.69, 9.17) is 0 Å². The predicted octanol–water partition coefficient (Wildman–Crippen LogP) is 0.404. The summed E-state index contributed by atoms with van der Waals surface area (Å²) in [5.41, 5.74) is 0.693. The topological polar surface area (TPSA) is 81.3 Å². The normalized spacial score (nSPS) is 16.3. The molecule has 2 N–H and O–H groups in total. The highest BCUT2D eigenvalue weighted by atomic mass is 32.1. The molecule has 3 heterocycles. The third-order valence-electron chi connectivity index (χ3n) is 4.01. The molecule has 7 nitrogen and oxygen atoms in total. The standard InChI is InChI=1S/C16H21N5O2S/c1-2-4-17-14(22)11-21-7-5-20(6-8-21)10-13-18-12-3-9-24-15(12)16(23)19-13/h2-3,9H,1,4-8,10-11H2,(H,17,22)(H,18,19,23). The minimum Gasteiger partial charge on any atom is -0.352 e. The summed E-state index contributed by atoms with van der Waals surface area (Å²) in [7, 11) is 0. The Bertz CT molecular complexity index is 776. The number of thiophene rings is 1. The lowest BCUT2D eigenvalue weighted by Crippen LogP contribution is -2.49. The molecule has 1 aliphatic rings. The molecule has 2 aromatic rings. The van der Waals surface area contributed by atoms with Crippen LogP contribution in [-0.2, 0) is 11.3 Å². The number of fused-ring (bicyclic) bond motifs is 1. The van der Waals surface area contributed by atoms with E-state index >= 15 is 0 Å². The summed E-state index contributed by atoms with van der Waals surface area (Å²) < 4.78 is 0.675. The second-order valence-corrected chi connectivity index (χ2v) is 6.71. The van der Waals surface area contributed by atoms with Gasteiger partial charge in [-0.1, -0.05) is 6.08 Å².